The molecule has 0 spiro atoms. The number of piperidine rings is 1. The fraction of sp³-hybridized carbons (Fsp3) is 0.684. The zero-order valence-corrected chi connectivity index (χ0v) is 16.4. The molecule has 1 N–H and O–H groups in total. The maximum absolute atomic E-state index is 12.5. The molecule has 1 aliphatic heterocycles. The molecular weight excluding hydrogens is 338 g/mol. The van der Waals surface area contributed by atoms with Crippen molar-refractivity contribution >= 4 is 12.1 Å². The van der Waals surface area contributed by atoms with E-state index in [-0.39, 0.29) is 6.54 Å². The van der Waals surface area contributed by atoms with Crippen molar-refractivity contribution in [3.63, 3.8) is 0 Å². The molecule has 3 atom stereocenters. The van der Waals surface area contributed by atoms with E-state index in [2.05, 4.69) is 6.58 Å². The molecule has 1 fully saturated rings. The Morgan fingerprint density at radius 1 is 1.31 bits per heavy atom. The largest absolute Gasteiger partial charge is 0.505 e. The lowest BCUT2D eigenvalue weighted by atomic mass is 9.65. The third-order valence-electron chi connectivity index (χ3n) is 4.52. The summed E-state index contributed by atoms with van der Waals surface area (Å²) in [5.41, 5.74) is -1.32. The minimum Gasteiger partial charge on any atom is -0.505 e. The average molecular weight is 369 g/mol. The van der Waals surface area contributed by atoms with Crippen LogP contribution in [0.4, 0.5) is 4.79 Å². The molecule has 1 aliphatic rings. The number of aliphatic hydroxyl groups is 1. The lowest BCUT2D eigenvalue weighted by Gasteiger charge is -2.48. The molecule has 148 valence electrons. The number of carbonyl (C=O) groups is 2. The van der Waals surface area contributed by atoms with Crippen LogP contribution in [0.15, 0.2) is 25.0 Å². The molecule has 1 saturated heterocycles. The Hall–Kier alpha value is -2.02. The molecule has 1 heterocycles. The van der Waals surface area contributed by atoms with Crippen molar-refractivity contribution in [1.82, 2.24) is 4.90 Å². The van der Waals surface area contributed by atoms with E-state index in [1.807, 2.05) is 0 Å². The van der Waals surface area contributed by atoms with Crippen LogP contribution in [0.1, 0.15) is 40.0 Å². The van der Waals surface area contributed by atoms with Gasteiger partial charge >= 0.3 is 12.1 Å². The number of rotatable bonds is 6. The third kappa shape index (κ3) is 5.24. The molecule has 0 aromatic carbocycles. The zero-order valence-electron chi connectivity index (χ0n) is 16.4. The second kappa shape index (κ2) is 9.07. The number of methoxy groups -OCH3 is 2. The van der Waals surface area contributed by atoms with Gasteiger partial charge in [-0.1, -0.05) is 6.08 Å². The summed E-state index contributed by atoms with van der Waals surface area (Å²) in [4.78, 5) is 26.1. The molecule has 26 heavy (non-hydrogen) atoms. The van der Waals surface area contributed by atoms with Crippen molar-refractivity contribution in [1.29, 1.82) is 0 Å². The zero-order chi connectivity index (χ0) is 20.0. The van der Waals surface area contributed by atoms with Gasteiger partial charge in [0.15, 0.2) is 0 Å². The third-order valence-corrected chi connectivity index (χ3v) is 4.52. The molecule has 7 heteroatoms. The van der Waals surface area contributed by atoms with E-state index in [0.29, 0.717) is 19.3 Å². The highest BCUT2D eigenvalue weighted by Crippen LogP contribution is 2.46. The van der Waals surface area contributed by atoms with Crippen LogP contribution in [0.3, 0.4) is 0 Å². The topological polar surface area (TPSA) is 85.3 Å². The van der Waals surface area contributed by atoms with Crippen LogP contribution in [0, 0.1) is 11.3 Å². The Bertz CT molecular complexity index is 539. The summed E-state index contributed by atoms with van der Waals surface area (Å²) in [7, 11) is 2.81. The van der Waals surface area contributed by atoms with Crippen molar-refractivity contribution < 1.29 is 28.9 Å². The van der Waals surface area contributed by atoms with Gasteiger partial charge in [-0.05, 0) is 51.5 Å². The van der Waals surface area contributed by atoms with Crippen molar-refractivity contribution in [2.24, 2.45) is 11.3 Å². The number of esters is 1. The van der Waals surface area contributed by atoms with Gasteiger partial charge in [0, 0.05) is 6.54 Å². The molecule has 0 aliphatic carbocycles. The molecule has 0 aromatic heterocycles. The number of amides is 1. The Balaban J connectivity index is 3.19. The van der Waals surface area contributed by atoms with Gasteiger partial charge in [-0.15, -0.1) is 6.58 Å². The molecule has 7 nitrogen and oxygen atoms in total. The van der Waals surface area contributed by atoms with E-state index in [0.717, 1.165) is 0 Å². The maximum Gasteiger partial charge on any atom is 0.412 e. The predicted molar refractivity (Wildman–Crippen MR) is 97.1 cm³/mol. The summed E-state index contributed by atoms with van der Waals surface area (Å²) in [6.07, 6.45) is 4.50. The number of ether oxygens (including phenoxy) is 3. The van der Waals surface area contributed by atoms with E-state index in [4.69, 9.17) is 14.2 Å². The van der Waals surface area contributed by atoms with Gasteiger partial charge in [0.2, 0.25) is 0 Å². The van der Waals surface area contributed by atoms with Crippen LogP contribution in [-0.2, 0) is 19.0 Å². The summed E-state index contributed by atoms with van der Waals surface area (Å²) < 4.78 is 15.2. The Morgan fingerprint density at radius 3 is 2.46 bits per heavy atom. The van der Waals surface area contributed by atoms with Crippen LogP contribution in [0.25, 0.3) is 0 Å². The van der Waals surface area contributed by atoms with Crippen LogP contribution in [-0.4, -0.2) is 54.7 Å². The second-order valence-electron chi connectivity index (χ2n) is 7.50. The van der Waals surface area contributed by atoms with E-state index < -0.39 is 35.2 Å². The van der Waals surface area contributed by atoms with Gasteiger partial charge in [-0.3, -0.25) is 9.69 Å². The number of allylic oxidation sites excluding steroid dienone is 2. The molecule has 0 saturated carbocycles. The van der Waals surface area contributed by atoms with Crippen LogP contribution < -0.4 is 0 Å². The van der Waals surface area contributed by atoms with Crippen molar-refractivity contribution in [3.05, 3.63) is 25.0 Å². The normalized spacial score (nSPS) is 26.5. The molecule has 3 unspecified atom stereocenters. The number of hydrogen-bond donors (Lipinski definition) is 1. The summed E-state index contributed by atoms with van der Waals surface area (Å²) in [6.45, 7) is 9.28. The van der Waals surface area contributed by atoms with E-state index in [1.54, 1.807) is 32.9 Å². The smallest absolute Gasteiger partial charge is 0.412 e. The lowest BCUT2D eigenvalue weighted by Crippen LogP contribution is -2.59. The van der Waals surface area contributed by atoms with Crippen LogP contribution >= 0.6 is 0 Å². The van der Waals surface area contributed by atoms with Gasteiger partial charge < -0.3 is 19.3 Å². The summed E-state index contributed by atoms with van der Waals surface area (Å²) in [6, 6.07) is 0. The number of likely N-dealkylation sites (tertiary alicyclic amines) is 1. The quantitative estimate of drug-likeness (QED) is 0.440. The first-order valence-electron chi connectivity index (χ1n) is 8.66. The van der Waals surface area contributed by atoms with E-state index in [1.165, 1.54) is 25.4 Å². The first kappa shape index (κ1) is 22.0. The molecule has 1 rings (SSSR count). The van der Waals surface area contributed by atoms with Gasteiger partial charge in [0.25, 0.3) is 0 Å². The Labute approximate surface area is 155 Å². The molecular formula is C19H31NO6. The summed E-state index contributed by atoms with van der Waals surface area (Å²) in [5.74, 6) is -1.49. The SMILES string of the molecule is C=CCC1(CC=COC)CCN(C(=O)OC(C)(C)C)C(O)C1C(=O)OC. The number of hydrogen-bond acceptors (Lipinski definition) is 6. The number of nitrogens with zero attached hydrogens (tertiary/aromatic N) is 1. The number of carbonyl (C=O) groups excluding carboxylic acids is 2. The molecule has 0 bridgehead atoms. The van der Waals surface area contributed by atoms with Gasteiger partial charge in [-0.2, -0.15) is 0 Å². The Morgan fingerprint density at radius 2 is 1.96 bits per heavy atom. The van der Waals surface area contributed by atoms with Gasteiger partial charge in [-0.25, -0.2) is 4.79 Å². The monoisotopic (exact) mass is 369 g/mol. The average Bonchev–Trinajstić information content (AvgIpc) is 2.53. The highest BCUT2D eigenvalue weighted by Gasteiger charge is 2.53. The highest BCUT2D eigenvalue weighted by atomic mass is 16.6. The Kier molecular flexibility index (Phi) is 7.68. The van der Waals surface area contributed by atoms with Crippen molar-refractivity contribution in [2.45, 2.75) is 51.9 Å². The van der Waals surface area contributed by atoms with Gasteiger partial charge in [0.05, 0.1) is 20.5 Å². The van der Waals surface area contributed by atoms with Crippen LogP contribution in [0.2, 0.25) is 0 Å². The molecule has 0 radical (unpaired) electrons. The first-order valence-corrected chi connectivity index (χ1v) is 8.66. The summed E-state index contributed by atoms with van der Waals surface area (Å²) in [5, 5.41) is 10.9. The standard InChI is InChI=1S/C19H31NO6/c1-7-9-19(10-8-13-24-5)11-12-20(17(23)26-18(2,3)4)15(21)14(19)16(22)25-6/h7-8,13-15,21H,1,9-12H2,2-6H3. The minimum absolute atomic E-state index is 0.262. The lowest BCUT2D eigenvalue weighted by molar-refractivity contribution is -0.174. The van der Waals surface area contributed by atoms with E-state index >= 15 is 0 Å². The second-order valence-corrected chi connectivity index (χ2v) is 7.50. The number of aliphatic hydroxyl groups excluding tert-OH is 1. The summed E-state index contributed by atoms with van der Waals surface area (Å²) >= 11 is 0. The van der Waals surface area contributed by atoms with Crippen LogP contribution in [0.5, 0.6) is 0 Å². The van der Waals surface area contributed by atoms with Crippen molar-refractivity contribution in [3.8, 4) is 0 Å². The molecule has 1 amide bonds. The van der Waals surface area contributed by atoms with E-state index in [9.17, 15) is 14.7 Å². The fourth-order valence-corrected chi connectivity index (χ4v) is 3.35. The van der Waals surface area contributed by atoms with Gasteiger partial charge in [0.1, 0.15) is 17.7 Å². The minimum atomic E-state index is -1.35. The molecule has 0 aromatic rings. The first-order chi connectivity index (χ1) is 12.1. The fourth-order valence-electron chi connectivity index (χ4n) is 3.35. The van der Waals surface area contributed by atoms with Crippen molar-refractivity contribution in [2.75, 3.05) is 20.8 Å². The predicted octanol–water partition coefficient (Wildman–Crippen LogP) is 2.85. The highest BCUT2D eigenvalue weighted by molar-refractivity contribution is 5.76. The maximum atomic E-state index is 12.5.